The third-order valence-electron chi connectivity index (χ3n) is 6.58. The first kappa shape index (κ1) is 22.3. The van der Waals surface area contributed by atoms with Crippen LogP contribution in [0.25, 0.3) is 0 Å². The molecule has 1 saturated heterocycles. The fourth-order valence-electron chi connectivity index (χ4n) is 4.69. The van der Waals surface area contributed by atoms with Crippen LogP contribution in [0.5, 0.6) is 0 Å². The molecule has 2 aliphatic rings. The van der Waals surface area contributed by atoms with Gasteiger partial charge in [0.15, 0.2) is 0 Å². The van der Waals surface area contributed by atoms with Gasteiger partial charge in [0.1, 0.15) is 11.4 Å². The van der Waals surface area contributed by atoms with E-state index in [2.05, 4.69) is 25.2 Å². The molecular weight excluding hydrogens is 454 g/mol. The summed E-state index contributed by atoms with van der Waals surface area (Å²) in [5.74, 6) is -0.865. The monoisotopic (exact) mass is 479 g/mol. The summed E-state index contributed by atoms with van der Waals surface area (Å²) in [4.78, 5) is 43.9. The highest BCUT2D eigenvalue weighted by Crippen LogP contribution is 2.38. The van der Waals surface area contributed by atoms with Crippen molar-refractivity contribution in [2.24, 2.45) is 5.92 Å². The van der Waals surface area contributed by atoms with Gasteiger partial charge in [0, 0.05) is 18.0 Å². The van der Waals surface area contributed by atoms with E-state index in [4.69, 9.17) is 0 Å². The van der Waals surface area contributed by atoms with Crippen LogP contribution < -0.4 is 10.2 Å². The average Bonchev–Trinajstić information content (AvgIpc) is 3.58. The molecule has 4 heterocycles. The van der Waals surface area contributed by atoms with E-state index in [1.165, 1.54) is 16.2 Å². The van der Waals surface area contributed by atoms with Crippen molar-refractivity contribution in [3.05, 3.63) is 63.1 Å². The lowest BCUT2D eigenvalue weighted by Gasteiger charge is -2.34. The minimum absolute atomic E-state index is 0.0741. The first-order valence-electron chi connectivity index (χ1n) is 11.3. The Morgan fingerprint density at radius 1 is 1.24 bits per heavy atom. The average molecular weight is 480 g/mol. The number of carbonyl (C=O) groups excluding carboxylic acids is 3. The van der Waals surface area contributed by atoms with Gasteiger partial charge in [0.25, 0.3) is 11.8 Å². The maximum atomic E-state index is 13.5. The second kappa shape index (κ2) is 9.02. The Bertz CT molecular complexity index is 1240. The van der Waals surface area contributed by atoms with E-state index in [1.807, 2.05) is 36.6 Å². The van der Waals surface area contributed by atoms with Crippen LogP contribution in [-0.4, -0.2) is 46.0 Å². The van der Waals surface area contributed by atoms with Crippen LogP contribution in [0.3, 0.4) is 0 Å². The van der Waals surface area contributed by atoms with Gasteiger partial charge in [-0.25, -0.2) is 4.63 Å². The zero-order chi connectivity index (χ0) is 23.8. The molecule has 1 fully saturated rings. The van der Waals surface area contributed by atoms with Crippen molar-refractivity contribution in [3.63, 3.8) is 0 Å². The highest BCUT2D eigenvalue weighted by Gasteiger charge is 2.42. The number of amides is 3. The number of hydrogen-bond acceptors (Lipinski definition) is 8. The number of rotatable bonds is 6. The third-order valence-corrected chi connectivity index (χ3v) is 7.62. The molecule has 0 aliphatic carbocycles. The second-order valence-electron chi connectivity index (χ2n) is 8.67. The number of aryl methyl sites for hydroxylation is 1. The number of anilines is 1. The fourth-order valence-corrected chi connectivity index (χ4v) is 5.47. The van der Waals surface area contributed by atoms with Gasteiger partial charge >= 0.3 is 0 Å². The molecular formula is C24H25N5O4S. The molecule has 0 bridgehead atoms. The van der Waals surface area contributed by atoms with Crippen molar-refractivity contribution in [1.29, 1.82) is 0 Å². The fraction of sp³-hybridized carbons (Fsp3) is 0.375. The van der Waals surface area contributed by atoms with Crippen LogP contribution in [0.2, 0.25) is 0 Å². The molecule has 1 N–H and O–H groups in total. The number of piperidine rings is 1. The molecule has 2 aromatic heterocycles. The van der Waals surface area contributed by atoms with Gasteiger partial charge in [-0.15, -0.1) is 11.3 Å². The van der Waals surface area contributed by atoms with Gasteiger partial charge in [0.2, 0.25) is 5.91 Å². The maximum Gasteiger partial charge on any atom is 0.264 e. The largest absolute Gasteiger partial charge is 0.370 e. The third kappa shape index (κ3) is 3.87. The number of hydrogen-bond donors (Lipinski definition) is 1. The van der Waals surface area contributed by atoms with Gasteiger partial charge in [-0.2, -0.15) is 0 Å². The summed E-state index contributed by atoms with van der Waals surface area (Å²) < 4.78 is 4.69. The van der Waals surface area contributed by atoms with Crippen LogP contribution in [0.15, 0.2) is 40.3 Å². The van der Waals surface area contributed by atoms with Crippen LogP contribution >= 0.6 is 11.3 Å². The van der Waals surface area contributed by atoms with Crippen LogP contribution in [0.1, 0.15) is 62.8 Å². The highest BCUT2D eigenvalue weighted by molar-refractivity contribution is 7.10. The summed E-state index contributed by atoms with van der Waals surface area (Å²) in [7, 11) is 0. The first-order valence-corrected chi connectivity index (χ1v) is 12.2. The second-order valence-corrected chi connectivity index (χ2v) is 9.65. The molecule has 0 unspecified atom stereocenters. The Kier molecular flexibility index (Phi) is 5.91. The Balaban J connectivity index is 1.34. The predicted octanol–water partition coefficient (Wildman–Crippen LogP) is 3.33. The van der Waals surface area contributed by atoms with E-state index >= 15 is 0 Å². The highest BCUT2D eigenvalue weighted by atomic mass is 32.1. The smallest absolute Gasteiger partial charge is 0.264 e. The number of fused-ring (bicyclic) bond motifs is 1. The Morgan fingerprint density at radius 2 is 2.09 bits per heavy atom. The Morgan fingerprint density at radius 3 is 2.82 bits per heavy atom. The van der Waals surface area contributed by atoms with Gasteiger partial charge in [0.05, 0.1) is 35.3 Å². The summed E-state index contributed by atoms with van der Waals surface area (Å²) in [6.07, 6.45) is 1.56. The van der Waals surface area contributed by atoms with Crippen molar-refractivity contribution in [3.8, 4) is 0 Å². The van der Waals surface area contributed by atoms with Crippen molar-refractivity contribution in [2.45, 2.75) is 39.3 Å². The molecule has 5 rings (SSSR count). The van der Waals surface area contributed by atoms with Crippen molar-refractivity contribution < 1.29 is 19.0 Å². The molecule has 3 amide bonds. The number of thiophene rings is 1. The van der Waals surface area contributed by atoms with Crippen LogP contribution in [-0.2, 0) is 11.3 Å². The lowest BCUT2D eigenvalue weighted by molar-refractivity contribution is -0.125. The summed E-state index contributed by atoms with van der Waals surface area (Å²) in [5, 5.41) is 12.4. The zero-order valence-corrected chi connectivity index (χ0v) is 19.8. The molecule has 3 aromatic rings. The quantitative estimate of drug-likeness (QED) is 0.540. The standard InChI is InChI=1S/C24H25N5O4S/c1-14-18(27-33-26-14)12-25-22(30)16-6-4-10-28(13-16)19-8-3-7-17-21(19)24(32)29(23(17)31)15(2)20-9-5-11-34-20/h3,5,7-9,11,15-16H,4,6,10,12-13H2,1-2H3,(H,25,30)/t15-,16-/m0/s1. The summed E-state index contributed by atoms with van der Waals surface area (Å²) in [6, 6.07) is 8.90. The number of carbonyl (C=O) groups is 3. The van der Waals surface area contributed by atoms with E-state index < -0.39 is 0 Å². The minimum Gasteiger partial charge on any atom is -0.370 e. The normalized spacial score (nSPS) is 18.8. The molecule has 34 heavy (non-hydrogen) atoms. The van der Waals surface area contributed by atoms with E-state index in [9.17, 15) is 14.4 Å². The van der Waals surface area contributed by atoms with Crippen LogP contribution in [0.4, 0.5) is 5.69 Å². The van der Waals surface area contributed by atoms with Gasteiger partial charge in [-0.3, -0.25) is 19.3 Å². The molecule has 0 saturated carbocycles. The summed E-state index contributed by atoms with van der Waals surface area (Å²) in [5.41, 5.74) is 2.82. The van der Waals surface area contributed by atoms with Gasteiger partial charge in [-0.05, 0) is 50.3 Å². The Hall–Kier alpha value is -3.53. The lowest BCUT2D eigenvalue weighted by Crippen LogP contribution is -2.43. The minimum atomic E-state index is -0.338. The first-order chi connectivity index (χ1) is 16.5. The molecule has 2 atom stereocenters. The SMILES string of the molecule is Cc1nonc1CNC(=O)[C@H]1CCCN(c2cccc3c2C(=O)N([C@@H](C)c2cccs2)C3=O)C1. The topological polar surface area (TPSA) is 109 Å². The van der Waals surface area contributed by atoms with Crippen molar-refractivity contribution in [2.75, 3.05) is 18.0 Å². The van der Waals surface area contributed by atoms with E-state index in [0.717, 1.165) is 17.7 Å². The molecule has 10 heteroatoms. The molecule has 0 spiro atoms. The number of nitrogens with zero attached hydrogens (tertiary/aromatic N) is 4. The van der Waals surface area contributed by atoms with Crippen molar-refractivity contribution in [1.82, 2.24) is 20.5 Å². The molecule has 176 valence electrons. The molecule has 9 nitrogen and oxygen atoms in total. The molecule has 0 radical (unpaired) electrons. The van der Waals surface area contributed by atoms with Crippen LogP contribution in [0, 0.1) is 12.8 Å². The predicted molar refractivity (Wildman–Crippen MR) is 125 cm³/mol. The lowest BCUT2D eigenvalue weighted by atomic mass is 9.95. The van der Waals surface area contributed by atoms with Gasteiger partial charge < -0.3 is 10.2 Å². The molecule has 1 aromatic carbocycles. The van der Waals surface area contributed by atoms with E-state index in [-0.39, 0.29) is 36.2 Å². The molecule has 2 aliphatic heterocycles. The van der Waals surface area contributed by atoms with E-state index in [1.54, 1.807) is 13.0 Å². The number of imide groups is 1. The summed E-state index contributed by atoms with van der Waals surface area (Å²) in [6.45, 7) is 5.10. The summed E-state index contributed by atoms with van der Waals surface area (Å²) >= 11 is 1.53. The number of benzene rings is 1. The van der Waals surface area contributed by atoms with Gasteiger partial charge in [-0.1, -0.05) is 22.4 Å². The number of nitrogens with one attached hydrogen (secondary N) is 1. The zero-order valence-electron chi connectivity index (χ0n) is 19.0. The Labute approximate surface area is 200 Å². The number of aromatic nitrogens is 2. The maximum absolute atomic E-state index is 13.5. The van der Waals surface area contributed by atoms with Crippen molar-refractivity contribution >= 4 is 34.7 Å². The van der Waals surface area contributed by atoms with E-state index in [0.29, 0.717) is 41.3 Å².